The second kappa shape index (κ2) is 7.24. The van der Waals surface area contributed by atoms with E-state index in [1.165, 1.54) is 43.9 Å². The highest BCUT2D eigenvalue weighted by Crippen LogP contribution is 2.12. The van der Waals surface area contributed by atoms with Crippen LogP contribution in [0.4, 0.5) is 10.1 Å². The molecule has 5 heteroatoms. The number of carbonyl (C=O) groups excluding carboxylic acids is 1. The van der Waals surface area contributed by atoms with Crippen molar-refractivity contribution in [1.82, 2.24) is 10.2 Å². The molecule has 110 valence electrons. The lowest BCUT2D eigenvalue weighted by Crippen LogP contribution is -2.35. The molecule has 1 fully saturated rings. The third-order valence-electron chi connectivity index (χ3n) is 3.65. The average Bonchev–Trinajstić information content (AvgIpc) is 2.67. The van der Waals surface area contributed by atoms with Crippen molar-refractivity contribution in [2.75, 3.05) is 31.9 Å². The van der Waals surface area contributed by atoms with E-state index in [-0.39, 0.29) is 11.5 Å². The predicted octanol–water partition coefficient (Wildman–Crippen LogP) is 2.01. The van der Waals surface area contributed by atoms with E-state index in [0.717, 1.165) is 19.6 Å². The van der Waals surface area contributed by atoms with E-state index in [2.05, 4.69) is 10.2 Å². The normalized spacial score (nSPS) is 16.6. The summed E-state index contributed by atoms with van der Waals surface area (Å²) in [5, 5.41) is 2.77. The quantitative estimate of drug-likeness (QED) is 0.829. The smallest absolute Gasteiger partial charge is 0.254 e. The molecule has 1 aliphatic heterocycles. The lowest BCUT2D eigenvalue weighted by Gasteiger charge is -2.19. The highest BCUT2D eigenvalue weighted by atomic mass is 19.1. The Kier molecular flexibility index (Phi) is 5.35. The third kappa shape index (κ3) is 4.20. The van der Waals surface area contributed by atoms with Gasteiger partial charge in [-0.3, -0.25) is 4.79 Å². The van der Waals surface area contributed by atoms with Gasteiger partial charge in [0.1, 0.15) is 5.82 Å². The van der Waals surface area contributed by atoms with Gasteiger partial charge in [0, 0.05) is 18.8 Å². The van der Waals surface area contributed by atoms with E-state index < -0.39 is 5.82 Å². The number of nitrogens with one attached hydrogen (secondary N) is 1. The molecule has 0 spiro atoms. The molecule has 0 saturated carbocycles. The standard InChI is InChI=1S/C15H22FN3O/c16-14-11-12(17)5-6-13(14)15(20)18-7-10-19-8-3-1-2-4-9-19/h5-6,11H,1-4,7-10,17H2,(H,18,20). The van der Waals surface area contributed by atoms with E-state index in [0.29, 0.717) is 12.2 Å². The number of carbonyl (C=O) groups is 1. The molecule has 2 rings (SSSR count). The summed E-state index contributed by atoms with van der Waals surface area (Å²) >= 11 is 0. The zero-order valence-electron chi connectivity index (χ0n) is 11.7. The second-order valence-corrected chi connectivity index (χ2v) is 5.25. The van der Waals surface area contributed by atoms with Crippen LogP contribution in [0, 0.1) is 5.82 Å². The highest BCUT2D eigenvalue weighted by molar-refractivity contribution is 5.94. The van der Waals surface area contributed by atoms with Crippen LogP contribution in [-0.2, 0) is 0 Å². The first kappa shape index (κ1) is 14.8. The Morgan fingerprint density at radius 3 is 2.60 bits per heavy atom. The van der Waals surface area contributed by atoms with Gasteiger partial charge in [-0.1, -0.05) is 12.8 Å². The topological polar surface area (TPSA) is 58.4 Å². The lowest BCUT2D eigenvalue weighted by molar-refractivity contribution is 0.0944. The van der Waals surface area contributed by atoms with Crippen molar-refractivity contribution in [1.29, 1.82) is 0 Å². The highest BCUT2D eigenvalue weighted by Gasteiger charge is 2.12. The van der Waals surface area contributed by atoms with Gasteiger partial charge in [0.05, 0.1) is 5.56 Å². The molecule has 0 atom stereocenters. The van der Waals surface area contributed by atoms with Crippen LogP contribution in [0.2, 0.25) is 0 Å². The van der Waals surface area contributed by atoms with Gasteiger partial charge in [0.15, 0.2) is 0 Å². The Morgan fingerprint density at radius 2 is 1.95 bits per heavy atom. The first-order chi connectivity index (χ1) is 9.66. The Morgan fingerprint density at radius 1 is 1.25 bits per heavy atom. The van der Waals surface area contributed by atoms with Crippen molar-refractivity contribution in [3.8, 4) is 0 Å². The summed E-state index contributed by atoms with van der Waals surface area (Å²) < 4.78 is 13.6. The Hall–Kier alpha value is -1.62. The van der Waals surface area contributed by atoms with Gasteiger partial charge in [-0.05, 0) is 44.1 Å². The summed E-state index contributed by atoms with van der Waals surface area (Å²) in [6.45, 7) is 3.54. The maximum Gasteiger partial charge on any atom is 0.254 e. The molecule has 3 N–H and O–H groups in total. The number of nitrogens with zero attached hydrogens (tertiary/aromatic N) is 1. The van der Waals surface area contributed by atoms with Crippen LogP contribution in [-0.4, -0.2) is 37.0 Å². The monoisotopic (exact) mass is 279 g/mol. The lowest BCUT2D eigenvalue weighted by atomic mass is 10.2. The molecule has 4 nitrogen and oxygen atoms in total. The Bertz CT molecular complexity index is 456. The maximum atomic E-state index is 13.6. The summed E-state index contributed by atoms with van der Waals surface area (Å²) in [5.41, 5.74) is 5.84. The van der Waals surface area contributed by atoms with E-state index in [9.17, 15) is 9.18 Å². The molecule has 0 aromatic heterocycles. The number of nitrogen functional groups attached to an aromatic ring is 1. The molecule has 0 bridgehead atoms. The fourth-order valence-electron chi connectivity index (χ4n) is 2.50. The van der Waals surface area contributed by atoms with Gasteiger partial charge in [-0.15, -0.1) is 0 Å². The minimum Gasteiger partial charge on any atom is -0.399 e. The van der Waals surface area contributed by atoms with Gasteiger partial charge in [-0.25, -0.2) is 4.39 Å². The molecule has 1 aliphatic rings. The van der Waals surface area contributed by atoms with Crippen LogP contribution in [0.25, 0.3) is 0 Å². The molecular weight excluding hydrogens is 257 g/mol. The fourth-order valence-corrected chi connectivity index (χ4v) is 2.50. The summed E-state index contributed by atoms with van der Waals surface area (Å²) in [6, 6.07) is 4.13. The molecular formula is C15H22FN3O. The van der Waals surface area contributed by atoms with E-state index in [1.54, 1.807) is 0 Å². The zero-order chi connectivity index (χ0) is 14.4. The number of likely N-dealkylation sites (tertiary alicyclic amines) is 1. The summed E-state index contributed by atoms with van der Waals surface area (Å²) in [6.07, 6.45) is 5.03. The molecule has 1 amide bonds. The largest absolute Gasteiger partial charge is 0.399 e. The third-order valence-corrected chi connectivity index (χ3v) is 3.65. The average molecular weight is 279 g/mol. The Labute approximate surface area is 119 Å². The molecule has 0 aliphatic carbocycles. The van der Waals surface area contributed by atoms with Crippen LogP contribution in [0.3, 0.4) is 0 Å². The van der Waals surface area contributed by atoms with Crippen LogP contribution in [0.15, 0.2) is 18.2 Å². The van der Waals surface area contributed by atoms with Crippen LogP contribution < -0.4 is 11.1 Å². The molecule has 0 radical (unpaired) electrons. The minimum atomic E-state index is -0.572. The van der Waals surface area contributed by atoms with E-state index >= 15 is 0 Å². The molecule has 1 heterocycles. The molecule has 1 aromatic carbocycles. The summed E-state index contributed by atoms with van der Waals surface area (Å²) in [5.74, 6) is -0.949. The van der Waals surface area contributed by atoms with Crippen molar-refractivity contribution in [3.63, 3.8) is 0 Å². The van der Waals surface area contributed by atoms with Gasteiger partial charge in [-0.2, -0.15) is 0 Å². The summed E-state index contributed by atoms with van der Waals surface area (Å²) in [7, 11) is 0. The number of halogens is 1. The number of nitrogens with two attached hydrogens (primary N) is 1. The molecule has 1 saturated heterocycles. The van der Waals surface area contributed by atoms with Gasteiger partial charge in [0.2, 0.25) is 0 Å². The van der Waals surface area contributed by atoms with Gasteiger partial charge in [0.25, 0.3) is 5.91 Å². The first-order valence-electron chi connectivity index (χ1n) is 7.22. The number of hydrogen-bond donors (Lipinski definition) is 2. The van der Waals surface area contributed by atoms with Crippen molar-refractivity contribution in [3.05, 3.63) is 29.6 Å². The van der Waals surface area contributed by atoms with Crippen molar-refractivity contribution >= 4 is 11.6 Å². The second-order valence-electron chi connectivity index (χ2n) is 5.25. The number of benzene rings is 1. The predicted molar refractivity (Wildman–Crippen MR) is 78.1 cm³/mol. The molecule has 20 heavy (non-hydrogen) atoms. The number of rotatable bonds is 4. The number of hydrogen-bond acceptors (Lipinski definition) is 3. The van der Waals surface area contributed by atoms with Crippen LogP contribution in [0.1, 0.15) is 36.0 Å². The van der Waals surface area contributed by atoms with Crippen LogP contribution in [0.5, 0.6) is 0 Å². The SMILES string of the molecule is Nc1ccc(C(=O)NCCN2CCCCCC2)c(F)c1. The number of amides is 1. The number of anilines is 1. The van der Waals surface area contributed by atoms with Crippen molar-refractivity contribution in [2.24, 2.45) is 0 Å². The van der Waals surface area contributed by atoms with E-state index in [1.807, 2.05) is 0 Å². The van der Waals surface area contributed by atoms with Crippen molar-refractivity contribution < 1.29 is 9.18 Å². The first-order valence-corrected chi connectivity index (χ1v) is 7.22. The fraction of sp³-hybridized carbons (Fsp3) is 0.533. The van der Waals surface area contributed by atoms with E-state index in [4.69, 9.17) is 5.73 Å². The molecule has 1 aromatic rings. The molecule has 0 unspecified atom stereocenters. The Balaban J connectivity index is 1.79. The van der Waals surface area contributed by atoms with Gasteiger partial charge >= 0.3 is 0 Å². The van der Waals surface area contributed by atoms with Gasteiger partial charge < -0.3 is 16.0 Å². The summed E-state index contributed by atoms with van der Waals surface area (Å²) in [4.78, 5) is 14.2. The van der Waals surface area contributed by atoms with Crippen LogP contribution >= 0.6 is 0 Å². The zero-order valence-corrected chi connectivity index (χ0v) is 11.7. The van der Waals surface area contributed by atoms with Crippen molar-refractivity contribution in [2.45, 2.75) is 25.7 Å². The minimum absolute atomic E-state index is 0.0510. The maximum absolute atomic E-state index is 13.6.